The molecule has 30 heavy (non-hydrogen) atoms. The minimum absolute atomic E-state index is 0.309. The van der Waals surface area contributed by atoms with Crippen LogP contribution in [0.2, 0.25) is 0 Å². The number of piperidine rings is 1. The van der Waals surface area contributed by atoms with Crippen molar-refractivity contribution in [1.82, 2.24) is 14.9 Å². The highest BCUT2D eigenvalue weighted by molar-refractivity contribution is 5.82. The van der Waals surface area contributed by atoms with Crippen LogP contribution in [0.4, 0.5) is 5.95 Å². The van der Waals surface area contributed by atoms with E-state index >= 15 is 0 Å². The van der Waals surface area contributed by atoms with Crippen molar-refractivity contribution in [3.8, 4) is 0 Å². The Kier molecular flexibility index (Phi) is 8.87. The molecule has 1 aromatic carbocycles. The second-order valence-corrected chi connectivity index (χ2v) is 8.51. The van der Waals surface area contributed by atoms with Crippen molar-refractivity contribution < 1.29 is 4.79 Å². The highest BCUT2D eigenvalue weighted by Gasteiger charge is 2.26. The number of anilines is 1. The summed E-state index contributed by atoms with van der Waals surface area (Å²) in [6.07, 6.45) is 12.2. The highest BCUT2D eigenvalue weighted by Crippen LogP contribution is 2.32. The summed E-state index contributed by atoms with van der Waals surface area (Å²) >= 11 is 0. The van der Waals surface area contributed by atoms with Crippen molar-refractivity contribution in [3.63, 3.8) is 0 Å². The first-order valence-corrected chi connectivity index (χ1v) is 11.7. The second-order valence-electron chi connectivity index (χ2n) is 8.51. The summed E-state index contributed by atoms with van der Waals surface area (Å²) < 4.78 is 0. The quantitative estimate of drug-likeness (QED) is 0.534. The van der Waals surface area contributed by atoms with Gasteiger partial charge in [0.25, 0.3) is 0 Å². The fourth-order valence-electron chi connectivity index (χ4n) is 4.47. The van der Waals surface area contributed by atoms with E-state index in [4.69, 9.17) is 11.5 Å². The summed E-state index contributed by atoms with van der Waals surface area (Å²) in [6.45, 7) is 2.43. The lowest BCUT2D eigenvalue weighted by Crippen LogP contribution is -2.38. The molecule has 4 N–H and O–H groups in total. The van der Waals surface area contributed by atoms with Crippen LogP contribution in [-0.4, -0.2) is 40.4 Å². The van der Waals surface area contributed by atoms with Gasteiger partial charge in [0.05, 0.1) is 11.2 Å². The van der Waals surface area contributed by atoms with Crippen LogP contribution in [-0.2, 0) is 4.79 Å². The van der Waals surface area contributed by atoms with Crippen LogP contribution in [0.1, 0.15) is 82.2 Å². The van der Waals surface area contributed by atoms with Crippen molar-refractivity contribution in [2.75, 3.05) is 25.4 Å². The summed E-state index contributed by atoms with van der Waals surface area (Å²) in [5, 5.41) is 1.08. The van der Waals surface area contributed by atoms with Gasteiger partial charge in [-0.3, -0.25) is 4.79 Å². The molecule has 0 unspecified atom stereocenters. The maximum atomic E-state index is 12.6. The number of likely N-dealkylation sites (tertiary alicyclic amines) is 1. The molecule has 1 saturated heterocycles. The molecule has 1 amide bonds. The fourth-order valence-corrected chi connectivity index (χ4v) is 4.47. The van der Waals surface area contributed by atoms with Crippen LogP contribution >= 0.6 is 0 Å². The zero-order chi connectivity index (χ0) is 21.2. The molecule has 2 heterocycles. The Balaban J connectivity index is 1.38. The molecular weight excluding hydrogens is 374 g/mol. The summed E-state index contributed by atoms with van der Waals surface area (Å²) in [5.74, 6) is 0.980. The lowest BCUT2D eigenvalue weighted by atomic mass is 9.90. The largest absolute Gasteiger partial charge is 0.368 e. The molecule has 1 fully saturated rings. The molecule has 6 heteroatoms. The normalized spacial score (nSPS) is 15.0. The SMILES string of the molecule is NCCCCCCCCCCC(=O)N1CCC(c2nc(N)nc3ccccc23)CC1. The van der Waals surface area contributed by atoms with Gasteiger partial charge in [-0.15, -0.1) is 0 Å². The number of hydrogen-bond donors (Lipinski definition) is 2. The topological polar surface area (TPSA) is 98.1 Å². The Morgan fingerprint density at radius 1 is 0.933 bits per heavy atom. The number of fused-ring (bicyclic) bond motifs is 1. The number of hydrogen-bond acceptors (Lipinski definition) is 5. The van der Waals surface area contributed by atoms with E-state index in [0.29, 0.717) is 24.2 Å². The molecule has 0 atom stereocenters. The van der Waals surface area contributed by atoms with Crippen LogP contribution in [0.5, 0.6) is 0 Å². The number of amides is 1. The Bertz CT molecular complexity index is 801. The molecule has 164 valence electrons. The van der Waals surface area contributed by atoms with Gasteiger partial charge in [-0.1, -0.05) is 56.7 Å². The van der Waals surface area contributed by atoms with E-state index in [1.54, 1.807) is 0 Å². The molecule has 2 aromatic rings. The summed E-state index contributed by atoms with van der Waals surface area (Å²) in [6, 6.07) is 8.04. The molecular formula is C24H37N5O. The third kappa shape index (κ3) is 6.39. The van der Waals surface area contributed by atoms with Gasteiger partial charge in [-0.2, -0.15) is 0 Å². The minimum Gasteiger partial charge on any atom is -0.368 e. The predicted octanol–water partition coefficient (Wildman–Crippen LogP) is 4.39. The number of nitrogens with zero attached hydrogens (tertiary/aromatic N) is 3. The van der Waals surface area contributed by atoms with Gasteiger partial charge >= 0.3 is 0 Å². The van der Waals surface area contributed by atoms with E-state index in [0.717, 1.165) is 68.3 Å². The smallest absolute Gasteiger partial charge is 0.222 e. The number of carbonyl (C=O) groups excluding carboxylic acids is 1. The van der Waals surface area contributed by atoms with E-state index in [-0.39, 0.29) is 0 Å². The molecule has 0 saturated carbocycles. The van der Waals surface area contributed by atoms with Crippen molar-refractivity contribution >= 4 is 22.8 Å². The lowest BCUT2D eigenvalue weighted by Gasteiger charge is -2.32. The molecule has 1 aliphatic heterocycles. The number of para-hydroxylation sites is 1. The van der Waals surface area contributed by atoms with Crippen LogP contribution in [0, 0.1) is 0 Å². The number of unbranched alkanes of at least 4 members (excludes halogenated alkanes) is 7. The first kappa shape index (κ1) is 22.5. The first-order chi connectivity index (χ1) is 14.7. The number of carbonyl (C=O) groups is 1. The molecule has 0 bridgehead atoms. The average molecular weight is 412 g/mol. The Morgan fingerprint density at radius 2 is 1.57 bits per heavy atom. The Hall–Kier alpha value is -2.21. The van der Waals surface area contributed by atoms with E-state index < -0.39 is 0 Å². The number of nitrogens with two attached hydrogens (primary N) is 2. The maximum Gasteiger partial charge on any atom is 0.222 e. The molecule has 0 spiro atoms. The van der Waals surface area contributed by atoms with Crippen LogP contribution < -0.4 is 11.5 Å². The standard InChI is InChI=1S/C24H37N5O/c25-16-10-6-4-2-1-3-5-7-13-22(30)29-17-14-19(15-18-29)23-20-11-8-9-12-21(20)27-24(26)28-23/h8-9,11-12,19H,1-7,10,13-18,25H2,(H2,26,27,28). The lowest BCUT2D eigenvalue weighted by molar-refractivity contribution is -0.132. The molecule has 6 nitrogen and oxygen atoms in total. The van der Waals surface area contributed by atoms with Gasteiger partial charge in [0.2, 0.25) is 11.9 Å². The Labute approximate surface area is 180 Å². The van der Waals surface area contributed by atoms with Crippen LogP contribution in [0.3, 0.4) is 0 Å². The summed E-state index contributed by atoms with van der Waals surface area (Å²) in [5.41, 5.74) is 13.4. The van der Waals surface area contributed by atoms with E-state index in [1.807, 2.05) is 23.1 Å². The number of benzene rings is 1. The third-order valence-electron chi connectivity index (χ3n) is 6.23. The fraction of sp³-hybridized carbons (Fsp3) is 0.625. The second kappa shape index (κ2) is 11.8. The van der Waals surface area contributed by atoms with Gasteiger partial charge in [0.15, 0.2) is 0 Å². The zero-order valence-electron chi connectivity index (χ0n) is 18.2. The number of rotatable bonds is 11. The average Bonchev–Trinajstić information content (AvgIpc) is 2.77. The van der Waals surface area contributed by atoms with E-state index in [9.17, 15) is 4.79 Å². The van der Waals surface area contributed by atoms with Crippen molar-refractivity contribution in [2.45, 2.75) is 76.5 Å². The van der Waals surface area contributed by atoms with Gasteiger partial charge in [-0.05, 0) is 38.3 Å². The van der Waals surface area contributed by atoms with Gasteiger partial charge in [0.1, 0.15) is 0 Å². The predicted molar refractivity (Wildman–Crippen MR) is 123 cm³/mol. The number of aromatic nitrogens is 2. The van der Waals surface area contributed by atoms with Crippen LogP contribution in [0.15, 0.2) is 24.3 Å². The molecule has 0 radical (unpaired) electrons. The monoisotopic (exact) mass is 411 g/mol. The van der Waals surface area contributed by atoms with Gasteiger partial charge < -0.3 is 16.4 Å². The van der Waals surface area contributed by atoms with Gasteiger partial charge in [-0.25, -0.2) is 9.97 Å². The molecule has 0 aliphatic carbocycles. The maximum absolute atomic E-state index is 12.6. The van der Waals surface area contributed by atoms with E-state index in [2.05, 4.69) is 16.0 Å². The highest BCUT2D eigenvalue weighted by atomic mass is 16.2. The first-order valence-electron chi connectivity index (χ1n) is 11.7. The summed E-state index contributed by atoms with van der Waals surface area (Å²) in [4.78, 5) is 23.5. The minimum atomic E-state index is 0.309. The van der Waals surface area contributed by atoms with Crippen molar-refractivity contribution in [2.24, 2.45) is 5.73 Å². The molecule has 3 rings (SSSR count). The Morgan fingerprint density at radius 3 is 2.27 bits per heavy atom. The van der Waals surface area contributed by atoms with E-state index in [1.165, 1.54) is 32.1 Å². The zero-order valence-corrected chi connectivity index (χ0v) is 18.2. The third-order valence-corrected chi connectivity index (χ3v) is 6.23. The van der Waals surface area contributed by atoms with Crippen molar-refractivity contribution in [1.29, 1.82) is 0 Å². The van der Waals surface area contributed by atoms with Crippen molar-refractivity contribution in [3.05, 3.63) is 30.0 Å². The summed E-state index contributed by atoms with van der Waals surface area (Å²) in [7, 11) is 0. The van der Waals surface area contributed by atoms with Gasteiger partial charge in [0, 0.05) is 30.8 Å². The number of nitrogen functional groups attached to an aromatic ring is 1. The van der Waals surface area contributed by atoms with Crippen LogP contribution in [0.25, 0.3) is 10.9 Å². The molecule has 1 aromatic heterocycles. The molecule has 1 aliphatic rings.